The van der Waals surface area contributed by atoms with Gasteiger partial charge in [-0.15, -0.1) is 0 Å². The number of anilines is 1. The quantitative estimate of drug-likeness (QED) is 0.357. The molecular formula is C22H25N5O4S2. The molecule has 2 aliphatic heterocycles. The fraction of sp³-hybridized carbons (Fsp3) is 0.409. The van der Waals surface area contributed by atoms with Crippen LogP contribution in [0.25, 0.3) is 11.7 Å². The number of piperidine rings is 1. The van der Waals surface area contributed by atoms with E-state index in [0.29, 0.717) is 71.8 Å². The van der Waals surface area contributed by atoms with Crippen molar-refractivity contribution in [2.45, 2.75) is 19.3 Å². The lowest BCUT2D eigenvalue weighted by Gasteiger charge is -2.32. The van der Waals surface area contributed by atoms with Crippen molar-refractivity contribution in [3.63, 3.8) is 0 Å². The molecule has 2 aromatic rings. The number of methoxy groups -OCH3 is 1. The van der Waals surface area contributed by atoms with Crippen molar-refractivity contribution in [1.82, 2.24) is 14.3 Å². The number of primary amides is 1. The molecule has 0 spiro atoms. The van der Waals surface area contributed by atoms with E-state index in [1.54, 1.807) is 31.5 Å². The van der Waals surface area contributed by atoms with E-state index in [1.807, 2.05) is 11.0 Å². The summed E-state index contributed by atoms with van der Waals surface area (Å²) in [7, 11) is 1.61. The van der Waals surface area contributed by atoms with Crippen molar-refractivity contribution >= 4 is 57.7 Å². The van der Waals surface area contributed by atoms with E-state index >= 15 is 0 Å². The lowest BCUT2D eigenvalue weighted by Crippen LogP contribution is -2.40. The molecule has 11 heteroatoms. The van der Waals surface area contributed by atoms with Gasteiger partial charge in [-0.25, -0.2) is 4.98 Å². The Kier molecular flexibility index (Phi) is 7.11. The number of thiocarbonyl (C=S) groups is 1. The minimum Gasteiger partial charge on any atom is -0.385 e. The van der Waals surface area contributed by atoms with Gasteiger partial charge < -0.3 is 15.4 Å². The number of hydrogen-bond donors (Lipinski definition) is 1. The van der Waals surface area contributed by atoms with Crippen molar-refractivity contribution in [2.24, 2.45) is 11.7 Å². The van der Waals surface area contributed by atoms with Gasteiger partial charge in [-0.2, -0.15) is 0 Å². The zero-order valence-electron chi connectivity index (χ0n) is 18.2. The molecule has 33 heavy (non-hydrogen) atoms. The van der Waals surface area contributed by atoms with E-state index in [9.17, 15) is 14.4 Å². The Labute approximate surface area is 200 Å². The summed E-state index contributed by atoms with van der Waals surface area (Å²) in [5.74, 6) is -0.219. The maximum absolute atomic E-state index is 13.4. The normalized spacial score (nSPS) is 18.6. The molecule has 0 aromatic carbocycles. The summed E-state index contributed by atoms with van der Waals surface area (Å²) < 4.78 is 6.99. The van der Waals surface area contributed by atoms with Crippen molar-refractivity contribution in [2.75, 3.05) is 38.3 Å². The third-order valence-corrected chi connectivity index (χ3v) is 7.20. The molecule has 0 radical (unpaired) electrons. The van der Waals surface area contributed by atoms with Crippen LogP contribution in [0.1, 0.15) is 24.8 Å². The number of nitrogens with zero attached hydrogens (tertiary/aromatic N) is 4. The van der Waals surface area contributed by atoms with Gasteiger partial charge in [0.2, 0.25) is 5.91 Å². The Bertz CT molecular complexity index is 1190. The topological polar surface area (TPSA) is 110 Å². The number of carbonyl (C=O) groups is 2. The molecule has 4 rings (SSSR count). The summed E-state index contributed by atoms with van der Waals surface area (Å²) in [6.07, 6.45) is 5.09. The molecule has 0 atom stereocenters. The summed E-state index contributed by atoms with van der Waals surface area (Å²) in [6.45, 7) is 2.07. The second kappa shape index (κ2) is 10.0. The van der Waals surface area contributed by atoms with Gasteiger partial charge in [-0.1, -0.05) is 30.0 Å². The molecule has 2 fully saturated rings. The number of carbonyl (C=O) groups excluding carboxylic acids is 2. The SMILES string of the molecule is COCCCN1C(=O)C(=Cc2c(N3CCC(C(N)=O)CC3)nc3ccccn3c2=O)SC1=S. The fourth-order valence-electron chi connectivity index (χ4n) is 4.03. The number of thioether (sulfide) groups is 1. The lowest BCUT2D eigenvalue weighted by atomic mass is 9.96. The largest absolute Gasteiger partial charge is 0.385 e. The van der Waals surface area contributed by atoms with Crippen molar-refractivity contribution in [3.8, 4) is 0 Å². The van der Waals surface area contributed by atoms with Crippen LogP contribution < -0.4 is 16.2 Å². The number of ether oxygens (including phenoxy) is 1. The first-order valence-electron chi connectivity index (χ1n) is 10.7. The molecule has 4 heterocycles. The highest BCUT2D eigenvalue weighted by Crippen LogP contribution is 2.34. The molecule has 2 aromatic heterocycles. The van der Waals surface area contributed by atoms with Gasteiger partial charge in [-0.05, 0) is 37.5 Å². The molecule has 2 amide bonds. The Balaban J connectivity index is 1.72. The van der Waals surface area contributed by atoms with Gasteiger partial charge in [0.1, 0.15) is 15.8 Å². The van der Waals surface area contributed by atoms with E-state index in [0.717, 1.165) is 0 Å². The number of rotatable bonds is 7. The molecular weight excluding hydrogens is 462 g/mol. The Hall–Kier alpha value is -2.76. The van der Waals surface area contributed by atoms with Gasteiger partial charge in [0.25, 0.3) is 11.5 Å². The third-order valence-electron chi connectivity index (χ3n) is 5.82. The van der Waals surface area contributed by atoms with Crippen LogP contribution in [-0.4, -0.2) is 63.8 Å². The molecule has 0 bridgehead atoms. The summed E-state index contributed by atoms with van der Waals surface area (Å²) in [6, 6.07) is 5.34. The highest BCUT2D eigenvalue weighted by Gasteiger charge is 2.33. The van der Waals surface area contributed by atoms with Gasteiger partial charge in [0.15, 0.2) is 0 Å². The van der Waals surface area contributed by atoms with Crippen LogP contribution in [-0.2, 0) is 14.3 Å². The first kappa shape index (κ1) is 23.4. The van der Waals surface area contributed by atoms with E-state index in [1.165, 1.54) is 21.1 Å². The number of amides is 2. The highest BCUT2D eigenvalue weighted by molar-refractivity contribution is 8.26. The highest BCUT2D eigenvalue weighted by atomic mass is 32.2. The van der Waals surface area contributed by atoms with Crippen LogP contribution >= 0.6 is 24.0 Å². The third kappa shape index (κ3) is 4.80. The summed E-state index contributed by atoms with van der Waals surface area (Å²) in [5.41, 5.74) is 6.05. The Morgan fingerprint density at radius 3 is 2.79 bits per heavy atom. The average Bonchev–Trinajstić information content (AvgIpc) is 3.08. The molecule has 0 unspecified atom stereocenters. The lowest BCUT2D eigenvalue weighted by molar-refractivity contribution is -0.123. The second-order valence-electron chi connectivity index (χ2n) is 7.93. The average molecular weight is 488 g/mol. The smallest absolute Gasteiger partial charge is 0.267 e. The van der Waals surface area contributed by atoms with Crippen LogP contribution in [0.2, 0.25) is 0 Å². The van der Waals surface area contributed by atoms with Crippen molar-refractivity contribution in [3.05, 3.63) is 45.2 Å². The zero-order valence-corrected chi connectivity index (χ0v) is 19.9. The van der Waals surface area contributed by atoms with E-state index < -0.39 is 0 Å². The standard InChI is InChI=1S/C22H25N5O4S2/c1-31-12-4-9-27-21(30)16(33-22(27)32)13-15-19(25-10-6-14(7-11-25)18(23)28)24-17-5-2-3-8-26(17)20(15)29/h2-3,5,8,13-14H,4,6-7,9-12H2,1H3,(H2,23,28). The first-order valence-corrected chi connectivity index (χ1v) is 11.9. The fourth-order valence-corrected chi connectivity index (χ4v) is 5.32. The molecule has 9 nitrogen and oxygen atoms in total. The number of pyridine rings is 1. The second-order valence-corrected chi connectivity index (χ2v) is 9.60. The van der Waals surface area contributed by atoms with Crippen LogP contribution in [0.15, 0.2) is 34.1 Å². The summed E-state index contributed by atoms with van der Waals surface area (Å²) in [5, 5.41) is 0. The minimum atomic E-state index is -0.307. The summed E-state index contributed by atoms with van der Waals surface area (Å²) in [4.78, 5) is 46.7. The van der Waals surface area contributed by atoms with Gasteiger partial charge >= 0.3 is 0 Å². The number of hydrogen-bond acceptors (Lipinski definition) is 8. The van der Waals surface area contributed by atoms with Crippen LogP contribution in [0.5, 0.6) is 0 Å². The van der Waals surface area contributed by atoms with E-state index in [2.05, 4.69) is 0 Å². The maximum atomic E-state index is 13.4. The van der Waals surface area contributed by atoms with E-state index in [-0.39, 0.29) is 23.3 Å². The van der Waals surface area contributed by atoms with E-state index in [4.69, 9.17) is 27.7 Å². The molecule has 2 saturated heterocycles. The predicted octanol–water partition coefficient (Wildman–Crippen LogP) is 1.63. The Morgan fingerprint density at radius 1 is 1.33 bits per heavy atom. The zero-order chi connectivity index (χ0) is 23.5. The predicted molar refractivity (Wildman–Crippen MR) is 132 cm³/mol. The summed E-state index contributed by atoms with van der Waals surface area (Å²) >= 11 is 6.58. The van der Waals surface area contributed by atoms with Crippen LogP contribution in [0, 0.1) is 5.92 Å². The molecule has 0 saturated carbocycles. The van der Waals surface area contributed by atoms with Gasteiger partial charge in [0, 0.05) is 45.5 Å². The first-order chi connectivity index (χ1) is 15.9. The minimum absolute atomic E-state index is 0.186. The monoisotopic (exact) mass is 487 g/mol. The molecule has 174 valence electrons. The maximum Gasteiger partial charge on any atom is 0.267 e. The van der Waals surface area contributed by atoms with Gasteiger partial charge in [0.05, 0.1) is 10.5 Å². The number of nitrogens with two attached hydrogens (primary N) is 1. The molecule has 2 aliphatic rings. The van der Waals surface area contributed by atoms with Gasteiger partial charge in [-0.3, -0.25) is 23.7 Å². The Morgan fingerprint density at radius 2 is 2.09 bits per heavy atom. The van der Waals surface area contributed by atoms with Crippen molar-refractivity contribution < 1.29 is 14.3 Å². The number of fused-ring (bicyclic) bond motifs is 1. The number of aromatic nitrogens is 2. The van der Waals surface area contributed by atoms with Crippen LogP contribution in [0.3, 0.4) is 0 Å². The van der Waals surface area contributed by atoms with Crippen molar-refractivity contribution in [1.29, 1.82) is 0 Å². The van der Waals surface area contributed by atoms with Crippen LogP contribution in [0.4, 0.5) is 5.82 Å². The molecule has 0 aliphatic carbocycles. The molecule has 2 N–H and O–H groups in total.